The van der Waals surface area contributed by atoms with Gasteiger partial charge in [-0.2, -0.15) is 0 Å². The normalized spacial score (nSPS) is 22.5. The molecule has 3 aliphatic carbocycles. The number of fused-ring (bicyclic) bond motifs is 6. The topological polar surface area (TPSA) is 34.0 Å². The molecule has 1 aromatic carbocycles. The van der Waals surface area contributed by atoms with Gasteiger partial charge in [0.15, 0.2) is 0 Å². The summed E-state index contributed by atoms with van der Waals surface area (Å²) in [5.41, 5.74) is 7.86. The van der Waals surface area contributed by atoms with E-state index in [-0.39, 0.29) is 0 Å². The standard InChI is InChI=1S/C30H34N4S/c1-2-7-19(8-3-1)20-13-14-24-23(17-20)21-10-6-11-25-28(21)33(24)15-16-34(25)29-27-22-9-4-5-12-26(22)35-30(27)32-18-31-29/h13-14,17-19,25H,1-12,15-16H2. The van der Waals surface area contributed by atoms with Crippen LogP contribution in [0.5, 0.6) is 0 Å². The van der Waals surface area contributed by atoms with Crippen LogP contribution in [0.25, 0.3) is 21.1 Å². The van der Waals surface area contributed by atoms with E-state index in [1.165, 1.54) is 98.6 Å². The monoisotopic (exact) mass is 482 g/mol. The smallest absolute Gasteiger partial charge is 0.141 e. The van der Waals surface area contributed by atoms with Crippen LogP contribution in [-0.4, -0.2) is 21.1 Å². The maximum absolute atomic E-state index is 4.98. The van der Waals surface area contributed by atoms with Crippen molar-refractivity contribution < 1.29 is 0 Å². The van der Waals surface area contributed by atoms with Gasteiger partial charge >= 0.3 is 0 Å². The summed E-state index contributed by atoms with van der Waals surface area (Å²) >= 11 is 1.93. The van der Waals surface area contributed by atoms with Crippen LogP contribution in [0.15, 0.2) is 24.5 Å². The molecule has 8 rings (SSSR count). The summed E-state index contributed by atoms with van der Waals surface area (Å²) in [5.74, 6) is 1.99. The Bertz CT molecular complexity index is 1440. The lowest BCUT2D eigenvalue weighted by Gasteiger charge is -2.41. The largest absolute Gasteiger partial charge is 0.346 e. The summed E-state index contributed by atoms with van der Waals surface area (Å²) in [4.78, 5) is 15.2. The minimum atomic E-state index is 0.440. The molecule has 0 spiro atoms. The Morgan fingerprint density at radius 2 is 1.71 bits per heavy atom. The third kappa shape index (κ3) is 3.09. The van der Waals surface area contributed by atoms with Crippen LogP contribution in [-0.2, 0) is 25.8 Å². The highest BCUT2D eigenvalue weighted by molar-refractivity contribution is 7.19. The predicted molar refractivity (Wildman–Crippen MR) is 145 cm³/mol. The van der Waals surface area contributed by atoms with Crippen molar-refractivity contribution in [2.45, 2.75) is 95.6 Å². The lowest BCUT2D eigenvalue weighted by molar-refractivity contribution is 0.435. The summed E-state index contributed by atoms with van der Waals surface area (Å²) in [7, 11) is 0. The van der Waals surface area contributed by atoms with Crippen LogP contribution in [0.1, 0.15) is 97.0 Å². The highest BCUT2D eigenvalue weighted by Gasteiger charge is 2.37. The molecule has 180 valence electrons. The molecule has 1 fully saturated rings. The first-order valence-electron chi connectivity index (χ1n) is 14.0. The SMILES string of the molecule is c1nc(N2CCn3c4c(c5cc(C6CCCCC6)ccc53)CCCC42)c2c3c(sc2n1)CCCC3. The first kappa shape index (κ1) is 20.8. The molecule has 4 aliphatic rings. The first-order chi connectivity index (χ1) is 17.4. The van der Waals surface area contributed by atoms with Gasteiger partial charge in [0.1, 0.15) is 17.0 Å². The molecule has 3 aromatic heterocycles. The lowest BCUT2D eigenvalue weighted by atomic mass is 9.83. The predicted octanol–water partition coefficient (Wildman–Crippen LogP) is 7.47. The van der Waals surface area contributed by atoms with Crippen LogP contribution in [0.2, 0.25) is 0 Å². The van der Waals surface area contributed by atoms with Gasteiger partial charge in [-0.25, -0.2) is 9.97 Å². The molecule has 35 heavy (non-hydrogen) atoms. The number of anilines is 1. The van der Waals surface area contributed by atoms with Gasteiger partial charge in [-0.05, 0) is 92.5 Å². The Morgan fingerprint density at radius 3 is 2.66 bits per heavy atom. The molecule has 1 aliphatic heterocycles. The summed E-state index contributed by atoms with van der Waals surface area (Å²) < 4.78 is 2.68. The zero-order valence-electron chi connectivity index (χ0n) is 20.6. The third-order valence-electron chi connectivity index (χ3n) is 9.48. The Balaban J connectivity index is 1.25. The van der Waals surface area contributed by atoms with Gasteiger partial charge in [0.25, 0.3) is 0 Å². The van der Waals surface area contributed by atoms with Crippen molar-refractivity contribution in [1.82, 2.24) is 14.5 Å². The van der Waals surface area contributed by atoms with Crippen LogP contribution < -0.4 is 4.90 Å². The lowest BCUT2D eigenvalue weighted by Crippen LogP contribution is -2.40. The highest BCUT2D eigenvalue weighted by Crippen LogP contribution is 2.47. The molecule has 4 heterocycles. The van der Waals surface area contributed by atoms with Crippen molar-refractivity contribution in [3.8, 4) is 0 Å². The summed E-state index contributed by atoms with van der Waals surface area (Å²) in [5, 5.41) is 2.93. The van der Waals surface area contributed by atoms with Crippen molar-refractivity contribution in [1.29, 1.82) is 0 Å². The Hall–Kier alpha value is -2.40. The molecule has 0 bridgehead atoms. The van der Waals surface area contributed by atoms with Crippen molar-refractivity contribution in [3.63, 3.8) is 0 Å². The second-order valence-electron chi connectivity index (χ2n) is 11.3. The van der Waals surface area contributed by atoms with E-state index < -0.39 is 0 Å². The first-order valence-corrected chi connectivity index (χ1v) is 14.9. The molecule has 0 amide bonds. The van der Waals surface area contributed by atoms with E-state index in [9.17, 15) is 0 Å². The van der Waals surface area contributed by atoms with Gasteiger partial charge in [-0.15, -0.1) is 11.3 Å². The number of nitrogens with zero attached hydrogens (tertiary/aromatic N) is 4. The Labute approximate surface area is 211 Å². The van der Waals surface area contributed by atoms with Gasteiger partial charge in [-0.1, -0.05) is 25.3 Å². The number of hydrogen-bond acceptors (Lipinski definition) is 4. The van der Waals surface area contributed by atoms with Crippen LogP contribution in [0.3, 0.4) is 0 Å². The highest BCUT2D eigenvalue weighted by atomic mass is 32.1. The van der Waals surface area contributed by atoms with Crippen LogP contribution in [0, 0.1) is 0 Å². The molecular formula is C30H34N4S. The number of aromatic nitrogens is 3. The van der Waals surface area contributed by atoms with E-state index in [0.29, 0.717) is 6.04 Å². The molecule has 0 saturated heterocycles. The molecular weight excluding hydrogens is 448 g/mol. The van der Waals surface area contributed by atoms with Crippen molar-refractivity contribution >= 4 is 38.3 Å². The van der Waals surface area contributed by atoms with Crippen LogP contribution in [0.4, 0.5) is 5.82 Å². The van der Waals surface area contributed by atoms with Crippen molar-refractivity contribution in [2.24, 2.45) is 0 Å². The fourth-order valence-corrected chi connectivity index (χ4v) is 9.08. The van der Waals surface area contributed by atoms with E-state index in [4.69, 9.17) is 9.97 Å². The van der Waals surface area contributed by atoms with Crippen LogP contribution >= 0.6 is 11.3 Å². The molecule has 4 aromatic rings. The number of aryl methyl sites for hydroxylation is 3. The molecule has 0 N–H and O–H groups in total. The average molecular weight is 483 g/mol. The van der Waals surface area contributed by atoms with Gasteiger partial charge in [0.2, 0.25) is 0 Å². The molecule has 1 atom stereocenters. The van der Waals surface area contributed by atoms with Gasteiger partial charge in [0, 0.05) is 34.6 Å². The second kappa shape index (κ2) is 8.06. The number of hydrogen-bond donors (Lipinski definition) is 0. The fourth-order valence-electron chi connectivity index (χ4n) is 7.86. The van der Waals surface area contributed by atoms with Gasteiger partial charge < -0.3 is 9.47 Å². The molecule has 0 radical (unpaired) electrons. The van der Waals surface area contributed by atoms with E-state index in [1.807, 2.05) is 17.7 Å². The molecule has 4 nitrogen and oxygen atoms in total. The Morgan fingerprint density at radius 1 is 0.829 bits per heavy atom. The summed E-state index contributed by atoms with van der Waals surface area (Å²) in [6.07, 6.45) is 17.6. The quantitative estimate of drug-likeness (QED) is 0.297. The Kier molecular flexibility index (Phi) is 4.78. The zero-order chi connectivity index (χ0) is 22.9. The maximum Gasteiger partial charge on any atom is 0.141 e. The minimum absolute atomic E-state index is 0.440. The second-order valence-corrected chi connectivity index (χ2v) is 12.4. The molecule has 5 heteroatoms. The molecule has 1 unspecified atom stereocenters. The summed E-state index contributed by atoms with van der Waals surface area (Å²) in [6.45, 7) is 2.10. The van der Waals surface area contributed by atoms with Gasteiger partial charge in [0.05, 0.1) is 11.4 Å². The zero-order valence-corrected chi connectivity index (χ0v) is 21.4. The maximum atomic E-state index is 4.98. The van der Waals surface area contributed by atoms with E-state index in [0.717, 1.165) is 19.0 Å². The average Bonchev–Trinajstić information content (AvgIpc) is 3.46. The minimum Gasteiger partial charge on any atom is -0.346 e. The number of benzene rings is 1. The van der Waals surface area contributed by atoms with Crippen molar-refractivity contribution in [2.75, 3.05) is 11.4 Å². The summed E-state index contributed by atoms with van der Waals surface area (Å²) in [6, 6.07) is 7.95. The third-order valence-corrected chi connectivity index (χ3v) is 10.7. The number of rotatable bonds is 2. The van der Waals surface area contributed by atoms with E-state index >= 15 is 0 Å². The van der Waals surface area contributed by atoms with Gasteiger partial charge in [-0.3, -0.25) is 0 Å². The van der Waals surface area contributed by atoms with Crippen molar-refractivity contribution in [3.05, 3.63) is 51.8 Å². The molecule has 1 saturated carbocycles. The fraction of sp³-hybridized carbons (Fsp3) is 0.533. The van der Waals surface area contributed by atoms with E-state index in [2.05, 4.69) is 27.7 Å². The van der Waals surface area contributed by atoms with E-state index in [1.54, 1.807) is 32.6 Å². The number of thiophene rings is 1.